The molecule has 0 bridgehead atoms. The van der Waals surface area contributed by atoms with E-state index < -0.39 is 0 Å². The molecule has 0 amide bonds. The van der Waals surface area contributed by atoms with Crippen molar-refractivity contribution in [1.82, 2.24) is 15.0 Å². The van der Waals surface area contributed by atoms with E-state index in [-0.39, 0.29) is 0 Å². The summed E-state index contributed by atoms with van der Waals surface area (Å²) in [6.07, 6.45) is 3.19. The minimum Gasteiger partial charge on any atom is -0.475 e. The van der Waals surface area contributed by atoms with Gasteiger partial charge in [-0.2, -0.15) is 0 Å². The van der Waals surface area contributed by atoms with Gasteiger partial charge in [0.1, 0.15) is 23.8 Å². The number of anilines is 1. The van der Waals surface area contributed by atoms with E-state index >= 15 is 0 Å². The van der Waals surface area contributed by atoms with Crippen LogP contribution < -0.4 is 10.1 Å². The van der Waals surface area contributed by atoms with Gasteiger partial charge in [0.25, 0.3) is 0 Å². The highest BCUT2D eigenvalue weighted by atomic mass is 35.5. The van der Waals surface area contributed by atoms with Gasteiger partial charge in [-0.15, -0.1) is 0 Å². The average Bonchev–Trinajstić information content (AvgIpc) is 2.53. The molecule has 2 heterocycles. The number of fused-ring (bicyclic) bond motifs is 1. The summed E-state index contributed by atoms with van der Waals surface area (Å²) in [5.41, 5.74) is 0.906. The van der Waals surface area contributed by atoms with Crippen LogP contribution in [0.15, 0.2) is 48.9 Å². The van der Waals surface area contributed by atoms with Gasteiger partial charge in [0.15, 0.2) is 0 Å². The standard InChI is InChI=1S/C15H13ClN4O/c16-12-5-3-7-18-15(12)21-9-8-17-14-11-4-1-2-6-13(11)19-10-20-14/h1-7,10H,8-9H2,(H,17,19,20). The number of aromatic nitrogens is 3. The van der Waals surface area contributed by atoms with Crippen molar-refractivity contribution in [3.8, 4) is 5.88 Å². The van der Waals surface area contributed by atoms with Gasteiger partial charge in [-0.05, 0) is 24.3 Å². The molecule has 0 radical (unpaired) electrons. The van der Waals surface area contributed by atoms with Crippen LogP contribution in [0.1, 0.15) is 0 Å². The Morgan fingerprint density at radius 1 is 1.05 bits per heavy atom. The van der Waals surface area contributed by atoms with Crippen molar-refractivity contribution in [3.05, 3.63) is 53.9 Å². The van der Waals surface area contributed by atoms with Gasteiger partial charge in [0, 0.05) is 11.6 Å². The van der Waals surface area contributed by atoms with E-state index in [1.54, 1.807) is 24.7 Å². The van der Waals surface area contributed by atoms with Crippen molar-refractivity contribution in [2.75, 3.05) is 18.5 Å². The van der Waals surface area contributed by atoms with Crippen LogP contribution in [0.3, 0.4) is 0 Å². The summed E-state index contributed by atoms with van der Waals surface area (Å²) in [6, 6.07) is 11.3. The minimum absolute atomic E-state index is 0.438. The normalized spacial score (nSPS) is 10.5. The Kier molecular flexibility index (Phi) is 4.12. The molecule has 0 atom stereocenters. The van der Waals surface area contributed by atoms with Crippen molar-refractivity contribution in [2.24, 2.45) is 0 Å². The molecule has 2 aromatic heterocycles. The molecule has 3 rings (SSSR count). The van der Waals surface area contributed by atoms with Gasteiger partial charge >= 0.3 is 0 Å². The highest BCUT2D eigenvalue weighted by molar-refractivity contribution is 6.31. The lowest BCUT2D eigenvalue weighted by atomic mass is 10.2. The number of nitrogens with zero attached hydrogens (tertiary/aromatic N) is 3. The van der Waals surface area contributed by atoms with E-state index in [4.69, 9.17) is 16.3 Å². The first-order chi connectivity index (χ1) is 10.3. The number of benzene rings is 1. The molecule has 0 saturated heterocycles. The summed E-state index contributed by atoms with van der Waals surface area (Å²) in [4.78, 5) is 12.5. The highest BCUT2D eigenvalue weighted by Crippen LogP contribution is 2.20. The molecule has 0 fully saturated rings. The predicted molar refractivity (Wildman–Crippen MR) is 82.8 cm³/mol. The van der Waals surface area contributed by atoms with Crippen LogP contribution in [-0.2, 0) is 0 Å². The van der Waals surface area contributed by atoms with Gasteiger partial charge in [-0.25, -0.2) is 15.0 Å². The molecule has 21 heavy (non-hydrogen) atoms. The van der Waals surface area contributed by atoms with Crippen LogP contribution in [0.4, 0.5) is 5.82 Å². The summed E-state index contributed by atoms with van der Waals surface area (Å²) >= 11 is 5.97. The molecule has 0 saturated carbocycles. The molecule has 0 aliphatic carbocycles. The highest BCUT2D eigenvalue weighted by Gasteiger charge is 2.03. The Balaban J connectivity index is 1.61. The number of hydrogen-bond donors (Lipinski definition) is 1. The maximum atomic E-state index is 5.97. The zero-order valence-corrected chi connectivity index (χ0v) is 11.9. The fraction of sp³-hybridized carbons (Fsp3) is 0.133. The zero-order valence-electron chi connectivity index (χ0n) is 11.2. The molecule has 0 aliphatic heterocycles. The Morgan fingerprint density at radius 3 is 2.86 bits per heavy atom. The molecule has 0 spiro atoms. The van der Waals surface area contributed by atoms with Crippen LogP contribution in [-0.4, -0.2) is 28.1 Å². The molecule has 3 aromatic rings. The maximum Gasteiger partial charge on any atom is 0.232 e. The summed E-state index contributed by atoms with van der Waals surface area (Å²) in [7, 11) is 0. The molecule has 1 N–H and O–H groups in total. The van der Waals surface area contributed by atoms with Crippen LogP contribution >= 0.6 is 11.6 Å². The number of halogens is 1. The van der Waals surface area contributed by atoms with Crippen molar-refractivity contribution in [1.29, 1.82) is 0 Å². The fourth-order valence-electron chi connectivity index (χ4n) is 1.94. The van der Waals surface area contributed by atoms with Gasteiger partial charge in [0.05, 0.1) is 12.1 Å². The summed E-state index contributed by atoms with van der Waals surface area (Å²) in [5.74, 6) is 1.23. The second-order valence-corrected chi connectivity index (χ2v) is 4.71. The minimum atomic E-state index is 0.438. The summed E-state index contributed by atoms with van der Waals surface area (Å²) in [5, 5.41) is 4.72. The molecule has 0 aliphatic rings. The van der Waals surface area contributed by atoms with Crippen LogP contribution in [0.2, 0.25) is 5.02 Å². The molecule has 5 nitrogen and oxygen atoms in total. The third kappa shape index (κ3) is 3.20. The quantitative estimate of drug-likeness (QED) is 0.733. The van der Waals surface area contributed by atoms with Crippen molar-refractivity contribution in [3.63, 3.8) is 0 Å². The number of nitrogens with one attached hydrogen (secondary N) is 1. The second kappa shape index (κ2) is 6.37. The van der Waals surface area contributed by atoms with E-state index in [2.05, 4.69) is 20.3 Å². The van der Waals surface area contributed by atoms with Gasteiger partial charge in [0.2, 0.25) is 5.88 Å². The van der Waals surface area contributed by atoms with E-state index in [0.717, 1.165) is 16.7 Å². The van der Waals surface area contributed by atoms with Crippen molar-refractivity contribution < 1.29 is 4.74 Å². The summed E-state index contributed by atoms with van der Waals surface area (Å²) < 4.78 is 5.52. The van der Waals surface area contributed by atoms with E-state index in [1.807, 2.05) is 24.3 Å². The fourth-order valence-corrected chi connectivity index (χ4v) is 2.12. The van der Waals surface area contributed by atoms with Crippen LogP contribution in [0.5, 0.6) is 5.88 Å². The van der Waals surface area contributed by atoms with Crippen molar-refractivity contribution in [2.45, 2.75) is 0 Å². The lowest BCUT2D eigenvalue weighted by Gasteiger charge is -2.09. The van der Waals surface area contributed by atoms with Gasteiger partial charge in [-0.1, -0.05) is 23.7 Å². The zero-order chi connectivity index (χ0) is 14.5. The predicted octanol–water partition coefficient (Wildman–Crippen LogP) is 3.17. The molecular weight excluding hydrogens is 288 g/mol. The molecule has 6 heteroatoms. The Morgan fingerprint density at radius 2 is 1.95 bits per heavy atom. The lowest BCUT2D eigenvalue weighted by Crippen LogP contribution is -2.13. The number of ether oxygens (including phenoxy) is 1. The van der Waals surface area contributed by atoms with Crippen molar-refractivity contribution >= 4 is 28.3 Å². The smallest absolute Gasteiger partial charge is 0.232 e. The number of pyridine rings is 1. The van der Waals surface area contributed by atoms with E-state index in [1.165, 1.54) is 0 Å². The van der Waals surface area contributed by atoms with E-state index in [9.17, 15) is 0 Å². The number of para-hydroxylation sites is 1. The first-order valence-corrected chi connectivity index (χ1v) is 6.89. The first-order valence-electron chi connectivity index (χ1n) is 6.51. The number of hydrogen-bond acceptors (Lipinski definition) is 5. The average molecular weight is 301 g/mol. The largest absolute Gasteiger partial charge is 0.475 e. The first kappa shape index (κ1) is 13.6. The maximum absolute atomic E-state index is 5.97. The Labute approximate surface area is 127 Å². The number of rotatable bonds is 5. The van der Waals surface area contributed by atoms with E-state index in [0.29, 0.717) is 24.1 Å². The third-order valence-electron chi connectivity index (χ3n) is 2.90. The molecule has 106 valence electrons. The second-order valence-electron chi connectivity index (χ2n) is 4.31. The Bertz CT molecular complexity index is 745. The Hall–Kier alpha value is -2.40. The van der Waals surface area contributed by atoms with Crippen LogP contribution in [0, 0.1) is 0 Å². The monoisotopic (exact) mass is 300 g/mol. The third-order valence-corrected chi connectivity index (χ3v) is 3.19. The summed E-state index contributed by atoms with van der Waals surface area (Å²) in [6.45, 7) is 1.03. The molecule has 1 aromatic carbocycles. The topological polar surface area (TPSA) is 59.9 Å². The van der Waals surface area contributed by atoms with Gasteiger partial charge < -0.3 is 10.1 Å². The SMILES string of the molecule is Clc1cccnc1OCCNc1ncnc2ccccc12. The van der Waals surface area contributed by atoms with Gasteiger partial charge in [-0.3, -0.25) is 0 Å². The van der Waals surface area contributed by atoms with Crippen LogP contribution in [0.25, 0.3) is 10.9 Å². The lowest BCUT2D eigenvalue weighted by molar-refractivity contribution is 0.320. The molecular formula is C15H13ClN4O. The molecule has 0 unspecified atom stereocenters.